The van der Waals surface area contributed by atoms with Gasteiger partial charge in [0.15, 0.2) is 9.84 Å². The van der Waals surface area contributed by atoms with E-state index in [1.807, 2.05) is 7.05 Å². The van der Waals surface area contributed by atoms with Gasteiger partial charge in [0.1, 0.15) is 12.2 Å². The van der Waals surface area contributed by atoms with Gasteiger partial charge in [-0.1, -0.05) is 0 Å². The van der Waals surface area contributed by atoms with Crippen LogP contribution in [0.25, 0.3) is 0 Å². The Kier molecular flexibility index (Phi) is 4.71. The monoisotopic (exact) mass is 301 g/mol. The quantitative estimate of drug-likeness (QED) is 0.668. The number of nitrogens with zero attached hydrogens (tertiary/aromatic N) is 3. The van der Waals surface area contributed by atoms with Crippen LogP contribution in [0.15, 0.2) is 6.33 Å². The first-order valence-corrected chi connectivity index (χ1v) is 8.32. The fraction of sp³-hybridized carbons (Fsp3) is 0.727. The number of hydrogen-bond acceptors (Lipinski definition) is 6. The molecule has 1 fully saturated rings. The number of amides is 1. The molecule has 1 aliphatic heterocycles. The van der Waals surface area contributed by atoms with Crippen LogP contribution in [0.5, 0.6) is 0 Å². The molecule has 1 saturated heterocycles. The van der Waals surface area contributed by atoms with Crippen LogP contribution < -0.4 is 10.6 Å². The minimum atomic E-state index is -3.00. The maximum Gasteiger partial charge on any atom is 0.221 e. The van der Waals surface area contributed by atoms with Crippen molar-refractivity contribution in [3.05, 3.63) is 12.2 Å². The Bertz CT molecular complexity index is 568. The molecule has 8 nitrogen and oxygen atoms in total. The lowest BCUT2D eigenvalue weighted by atomic mass is 10.2. The highest BCUT2D eigenvalue weighted by atomic mass is 32.2. The zero-order valence-electron chi connectivity index (χ0n) is 11.4. The molecule has 1 atom stereocenters. The summed E-state index contributed by atoms with van der Waals surface area (Å²) in [5, 5.41) is 13.5. The Hall–Kier alpha value is -1.48. The van der Waals surface area contributed by atoms with E-state index in [9.17, 15) is 13.2 Å². The first-order valence-electron chi connectivity index (χ1n) is 6.50. The second-order valence-corrected chi connectivity index (χ2v) is 7.16. The van der Waals surface area contributed by atoms with Gasteiger partial charge in [-0.25, -0.2) is 8.42 Å². The van der Waals surface area contributed by atoms with E-state index in [4.69, 9.17) is 0 Å². The fourth-order valence-corrected chi connectivity index (χ4v) is 3.59. The molecule has 9 heteroatoms. The van der Waals surface area contributed by atoms with Crippen molar-refractivity contribution < 1.29 is 13.2 Å². The maximum absolute atomic E-state index is 11.7. The van der Waals surface area contributed by atoms with Crippen LogP contribution >= 0.6 is 0 Å². The summed E-state index contributed by atoms with van der Waals surface area (Å²) < 4.78 is 24.7. The molecule has 0 bridgehead atoms. The van der Waals surface area contributed by atoms with Gasteiger partial charge in [-0.2, -0.15) is 0 Å². The number of carbonyl (C=O) groups is 1. The molecule has 2 heterocycles. The van der Waals surface area contributed by atoms with Gasteiger partial charge < -0.3 is 15.2 Å². The molecule has 1 aromatic heterocycles. The minimum absolute atomic E-state index is 0.0315. The Morgan fingerprint density at radius 3 is 3.05 bits per heavy atom. The molecule has 1 amide bonds. The highest BCUT2D eigenvalue weighted by Gasteiger charge is 2.25. The van der Waals surface area contributed by atoms with Gasteiger partial charge in [-0.3, -0.25) is 4.79 Å². The summed E-state index contributed by atoms with van der Waals surface area (Å²) >= 11 is 0. The maximum atomic E-state index is 11.7. The predicted molar refractivity (Wildman–Crippen MR) is 72.8 cm³/mol. The molecule has 1 aromatic rings. The molecule has 20 heavy (non-hydrogen) atoms. The molecule has 2 N–H and O–H groups in total. The zero-order valence-corrected chi connectivity index (χ0v) is 12.2. The summed E-state index contributed by atoms with van der Waals surface area (Å²) in [5.41, 5.74) is 0. The van der Waals surface area contributed by atoms with Gasteiger partial charge in [-0.15, -0.1) is 10.2 Å². The van der Waals surface area contributed by atoms with E-state index >= 15 is 0 Å². The van der Waals surface area contributed by atoms with Gasteiger partial charge in [0.25, 0.3) is 0 Å². The van der Waals surface area contributed by atoms with Crippen LogP contribution in [-0.2, 0) is 28.1 Å². The molecule has 0 radical (unpaired) electrons. The lowest BCUT2D eigenvalue weighted by Gasteiger charge is -2.23. The van der Waals surface area contributed by atoms with E-state index in [0.29, 0.717) is 19.5 Å². The third-order valence-corrected chi connectivity index (χ3v) is 4.95. The van der Waals surface area contributed by atoms with E-state index in [-0.39, 0.29) is 29.9 Å². The van der Waals surface area contributed by atoms with Crippen molar-refractivity contribution in [3.8, 4) is 0 Å². The normalized spacial score (nSPS) is 21.6. The summed E-state index contributed by atoms with van der Waals surface area (Å²) in [6.45, 7) is 0.879. The van der Waals surface area contributed by atoms with Crippen LogP contribution in [0.4, 0.5) is 0 Å². The molecular weight excluding hydrogens is 282 g/mol. The number of carbonyl (C=O) groups excluding carboxylic acids is 1. The standard InChI is InChI=1S/C11H19N5O3S/c1-16-8-14-15-10(16)2-3-13-11(17)6-9-7-20(18,19)5-4-12-9/h8-9,12H,2-7H2,1H3,(H,13,17). The van der Waals surface area contributed by atoms with Gasteiger partial charge >= 0.3 is 0 Å². The summed E-state index contributed by atoms with van der Waals surface area (Å²) in [4.78, 5) is 11.7. The second-order valence-electron chi connectivity index (χ2n) is 4.93. The van der Waals surface area contributed by atoms with Crippen LogP contribution in [-0.4, -0.2) is 59.7 Å². The highest BCUT2D eigenvalue weighted by Crippen LogP contribution is 2.04. The summed E-state index contributed by atoms with van der Waals surface area (Å²) in [6.07, 6.45) is 2.38. The van der Waals surface area contributed by atoms with Crippen molar-refractivity contribution >= 4 is 15.7 Å². The first kappa shape index (κ1) is 14.9. The third-order valence-electron chi connectivity index (χ3n) is 3.21. The largest absolute Gasteiger partial charge is 0.356 e. The van der Waals surface area contributed by atoms with Gasteiger partial charge in [-0.05, 0) is 0 Å². The van der Waals surface area contributed by atoms with E-state index in [2.05, 4.69) is 20.8 Å². The van der Waals surface area contributed by atoms with Crippen LogP contribution in [0, 0.1) is 0 Å². The van der Waals surface area contributed by atoms with Gasteiger partial charge in [0, 0.05) is 39.0 Å². The molecule has 0 aliphatic carbocycles. The van der Waals surface area contributed by atoms with Crippen LogP contribution in [0.2, 0.25) is 0 Å². The van der Waals surface area contributed by atoms with E-state index in [1.165, 1.54) is 0 Å². The molecule has 1 unspecified atom stereocenters. The second kappa shape index (κ2) is 6.31. The third kappa shape index (κ3) is 4.27. The van der Waals surface area contributed by atoms with Crippen molar-refractivity contribution in [2.24, 2.45) is 7.05 Å². The average molecular weight is 301 g/mol. The number of sulfone groups is 1. The van der Waals surface area contributed by atoms with Crippen molar-refractivity contribution in [1.29, 1.82) is 0 Å². The lowest BCUT2D eigenvalue weighted by molar-refractivity contribution is -0.121. The molecule has 0 aromatic carbocycles. The Morgan fingerprint density at radius 2 is 2.40 bits per heavy atom. The van der Waals surface area contributed by atoms with E-state index in [0.717, 1.165) is 5.82 Å². The molecule has 0 saturated carbocycles. The number of aryl methyl sites for hydroxylation is 1. The van der Waals surface area contributed by atoms with E-state index in [1.54, 1.807) is 10.9 Å². The number of aromatic nitrogens is 3. The number of rotatable bonds is 5. The minimum Gasteiger partial charge on any atom is -0.356 e. The predicted octanol–water partition coefficient (Wildman–Crippen LogP) is -1.75. The molecule has 112 valence electrons. The van der Waals surface area contributed by atoms with Gasteiger partial charge in [0.2, 0.25) is 5.91 Å². The zero-order chi connectivity index (χ0) is 14.6. The SMILES string of the molecule is Cn1cnnc1CCNC(=O)CC1CS(=O)(=O)CCN1. The Balaban J connectivity index is 1.72. The van der Waals surface area contributed by atoms with E-state index < -0.39 is 9.84 Å². The molecule has 0 spiro atoms. The highest BCUT2D eigenvalue weighted by molar-refractivity contribution is 7.91. The number of nitrogens with one attached hydrogen (secondary N) is 2. The van der Waals surface area contributed by atoms with Crippen LogP contribution in [0.3, 0.4) is 0 Å². The Labute approximate surface area is 117 Å². The lowest BCUT2D eigenvalue weighted by Crippen LogP contribution is -2.47. The fourth-order valence-electron chi connectivity index (χ4n) is 2.14. The first-order chi connectivity index (χ1) is 9.46. The average Bonchev–Trinajstić information content (AvgIpc) is 2.74. The van der Waals surface area contributed by atoms with Crippen molar-refractivity contribution in [2.75, 3.05) is 24.6 Å². The van der Waals surface area contributed by atoms with Crippen molar-refractivity contribution in [3.63, 3.8) is 0 Å². The number of hydrogen-bond donors (Lipinski definition) is 2. The summed E-state index contributed by atoms with van der Waals surface area (Å²) in [7, 11) is -1.16. The molecular formula is C11H19N5O3S. The van der Waals surface area contributed by atoms with Gasteiger partial charge in [0.05, 0.1) is 11.5 Å². The molecule has 1 aliphatic rings. The topological polar surface area (TPSA) is 106 Å². The van der Waals surface area contributed by atoms with Crippen molar-refractivity contribution in [1.82, 2.24) is 25.4 Å². The smallest absolute Gasteiger partial charge is 0.221 e. The summed E-state index contributed by atoms with van der Waals surface area (Å²) in [5.74, 6) is 0.825. The molecule has 2 rings (SSSR count). The summed E-state index contributed by atoms with van der Waals surface area (Å²) in [6, 6.07) is -0.288. The Morgan fingerprint density at radius 1 is 1.60 bits per heavy atom. The van der Waals surface area contributed by atoms with Crippen molar-refractivity contribution in [2.45, 2.75) is 18.9 Å². The van der Waals surface area contributed by atoms with Crippen LogP contribution in [0.1, 0.15) is 12.2 Å².